The minimum absolute atomic E-state index is 0.00195. The Bertz CT molecular complexity index is 896. The highest BCUT2D eigenvalue weighted by Gasteiger charge is 2.67. The molecule has 2 saturated heterocycles. The Kier molecular flexibility index (Phi) is 5.51. The number of carbonyl (C=O) groups is 1. The summed E-state index contributed by atoms with van der Waals surface area (Å²) in [6, 6.07) is 12.9. The van der Waals surface area contributed by atoms with E-state index in [-0.39, 0.29) is 30.6 Å². The smallest absolute Gasteiger partial charge is 0.318 e. The van der Waals surface area contributed by atoms with E-state index in [0.29, 0.717) is 25.2 Å². The number of carbonyl (C=O) groups excluding carboxylic acids is 1. The Morgan fingerprint density at radius 1 is 1.17 bits per heavy atom. The summed E-state index contributed by atoms with van der Waals surface area (Å²) < 4.78 is 27.1. The van der Waals surface area contributed by atoms with Crippen molar-refractivity contribution in [2.24, 2.45) is 0 Å². The van der Waals surface area contributed by atoms with Crippen LogP contribution >= 0.6 is 0 Å². The number of aliphatic hydroxyl groups excluding tert-OH is 1. The fourth-order valence-corrected chi connectivity index (χ4v) is 5.10. The summed E-state index contributed by atoms with van der Waals surface area (Å²) in [6.45, 7) is 5.24. The number of benzene rings is 2. The molecule has 2 aliphatic heterocycles. The number of likely N-dealkylation sites (tertiary alicyclic amines) is 2. The van der Waals surface area contributed by atoms with E-state index >= 15 is 0 Å². The van der Waals surface area contributed by atoms with E-state index in [0.717, 1.165) is 11.6 Å². The molecule has 30 heavy (non-hydrogen) atoms. The number of aliphatic hydroxyl groups is 1. The van der Waals surface area contributed by atoms with Gasteiger partial charge in [0.15, 0.2) is 0 Å². The highest BCUT2D eigenvalue weighted by Crippen LogP contribution is 2.54. The van der Waals surface area contributed by atoms with Gasteiger partial charge in [0.1, 0.15) is 11.6 Å². The summed E-state index contributed by atoms with van der Waals surface area (Å²) in [5.41, 5.74) is 1.20. The van der Waals surface area contributed by atoms with Crippen molar-refractivity contribution >= 4 is 6.03 Å². The maximum absolute atomic E-state index is 13.6. The first-order valence-corrected chi connectivity index (χ1v) is 10.3. The van der Waals surface area contributed by atoms with Gasteiger partial charge in [0, 0.05) is 37.7 Å². The number of rotatable bonds is 5. The second kappa shape index (κ2) is 7.96. The van der Waals surface area contributed by atoms with E-state index in [2.05, 4.69) is 10.2 Å². The second-order valence-electron chi connectivity index (χ2n) is 8.64. The SMILES string of the molecule is CC(C)NC(=O)N1[C@H](CO)[C@@H](c2ccccc2)C12CN(Cc1cc(F)cc(F)c1)C2. The number of nitrogens with one attached hydrogen (secondary N) is 1. The Labute approximate surface area is 175 Å². The van der Waals surface area contributed by atoms with Crippen molar-refractivity contribution in [1.82, 2.24) is 15.1 Å². The van der Waals surface area contributed by atoms with Gasteiger partial charge in [0.25, 0.3) is 0 Å². The van der Waals surface area contributed by atoms with E-state index in [1.54, 1.807) is 4.90 Å². The van der Waals surface area contributed by atoms with Crippen LogP contribution in [0.25, 0.3) is 0 Å². The van der Waals surface area contributed by atoms with Gasteiger partial charge in [-0.2, -0.15) is 0 Å². The van der Waals surface area contributed by atoms with E-state index in [9.17, 15) is 18.7 Å². The van der Waals surface area contributed by atoms with Gasteiger partial charge in [-0.05, 0) is 37.1 Å². The third-order valence-electron chi connectivity index (χ3n) is 6.08. The molecule has 2 atom stereocenters. The van der Waals surface area contributed by atoms with Crippen molar-refractivity contribution in [2.45, 2.75) is 43.9 Å². The molecule has 2 aliphatic rings. The third kappa shape index (κ3) is 3.56. The molecule has 2 aromatic rings. The van der Waals surface area contributed by atoms with Crippen LogP contribution in [0.15, 0.2) is 48.5 Å². The third-order valence-corrected chi connectivity index (χ3v) is 6.08. The van der Waals surface area contributed by atoms with Crippen LogP contribution in [-0.4, -0.2) is 58.3 Å². The lowest BCUT2D eigenvalue weighted by Crippen LogP contribution is -2.86. The van der Waals surface area contributed by atoms with Crippen molar-refractivity contribution in [3.05, 3.63) is 71.3 Å². The van der Waals surface area contributed by atoms with E-state index in [1.807, 2.05) is 44.2 Å². The molecule has 160 valence electrons. The number of amides is 2. The monoisotopic (exact) mass is 415 g/mol. The Morgan fingerprint density at radius 2 is 1.80 bits per heavy atom. The zero-order valence-electron chi connectivity index (χ0n) is 17.2. The zero-order chi connectivity index (χ0) is 21.5. The van der Waals surface area contributed by atoms with Crippen LogP contribution in [0.1, 0.15) is 30.9 Å². The molecule has 2 heterocycles. The molecule has 1 spiro atoms. The number of hydrogen-bond donors (Lipinski definition) is 2. The molecule has 0 aliphatic carbocycles. The Morgan fingerprint density at radius 3 is 2.37 bits per heavy atom. The number of urea groups is 1. The fraction of sp³-hybridized carbons (Fsp3) is 0.435. The van der Waals surface area contributed by atoms with Crippen LogP contribution in [0.3, 0.4) is 0 Å². The molecule has 7 heteroatoms. The maximum atomic E-state index is 13.6. The molecule has 0 aromatic heterocycles. The van der Waals surface area contributed by atoms with Crippen molar-refractivity contribution in [1.29, 1.82) is 0 Å². The Hall–Kier alpha value is -2.51. The lowest BCUT2D eigenvalue weighted by Gasteiger charge is -2.70. The quantitative estimate of drug-likeness (QED) is 0.789. The van der Waals surface area contributed by atoms with Crippen LogP contribution in [-0.2, 0) is 6.54 Å². The predicted molar refractivity (Wildman–Crippen MR) is 110 cm³/mol. The summed E-state index contributed by atoms with van der Waals surface area (Å²) in [4.78, 5) is 16.8. The summed E-state index contributed by atoms with van der Waals surface area (Å²) in [7, 11) is 0. The van der Waals surface area contributed by atoms with Crippen LogP contribution in [0.5, 0.6) is 0 Å². The van der Waals surface area contributed by atoms with Gasteiger partial charge < -0.3 is 15.3 Å². The Balaban J connectivity index is 1.58. The average molecular weight is 415 g/mol. The van der Waals surface area contributed by atoms with Crippen molar-refractivity contribution in [3.63, 3.8) is 0 Å². The molecule has 2 amide bonds. The van der Waals surface area contributed by atoms with Gasteiger partial charge in [0.2, 0.25) is 0 Å². The van der Waals surface area contributed by atoms with Crippen molar-refractivity contribution in [2.75, 3.05) is 19.7 Å². The molecule has 0 bridgehead atoms. The molecule has 0 saturated carbocycles. The summed E-state index contributed by atoms with van der Waals surface area (Å²) in [5.74, 6) is -1.18. The molecule has 4 rings (SSSR count). The van der Waals surface area contributed by atoms with Crippen LogP contribution in [0, 0.1) is 11.6 Å². The molecular weight excluding hydrogens is 388 g/mol. The minimum Gasteiger partial charge on any atom is -0.394 e. The first kappa shape index (κ1) is 20.8. The highest BCUT2D eigenvalue weighted by molar-refractivity contribution is 5.78. The average Bonchev–Trinajstić information content (AvgIpc) is 2.62. The van der Waals surface area contributed by atoms with Gasteiger partial charge in [0.05, 0.1) is 18.2 Å². The van der Waals surface area contributed by atoms with Crippen molar-refractivity contribution < 1.29 is 18.7 Å². The fourth-order valence-electron chi connectivity index (χ4n) is 5.10. The molecule has 2 aromatic carbocycles. The first-order valence-electron chi connectivity index (χ1n) is 10.3. The van der Waals surface area contributed by atoms with Gasteiger partial charge in [-0.25, -0.2) is 13.6 Å². The molecule has 2 fully saturated rings. The number of hydrogen-bond acceptors (Lipinski definition) is 3. The van der Waals surface area contributed by atoms with Gasteiger partial charge in [-0.3, -0.25) is 4.90 Å². The summed E-state index contributed by atoms with van der Waals surface area (Å²) >= 11 is 0. The predicted octanol–water partition coefficient (Wildman–Crippen LogP) is 3.10. The summed E-state index contributed by atoms with van der Waals surface area (Å²) in [5, 5.41) is 13.0. The van der Waals surface area contributed by atoms with E-state index in [1.165, 1.54) is 12.1 Å². The van der Waals surface area contributed by atoms with E-state index < -0.39 is 17.2 Å². The number of nitrogens with zero attached hydrogens (tertiary/aromatic N) is 2. The minimum atomic E-state index is -0.593. The van der Waals surface area contributed by atoms with Gasteiger partial charge in [-0.1, -0.05) is 30.3 Å². The second-order valence-corrected chi connectivity index (χ2v) is 8.64. The van der Waals surface area contributed by atoms with Gasteiger partial charge in [-0.15, -0.1) is 0 Å². The zero-order valence-corrected chi connectivity index (χ0v) is 17.2. The van der Waals surface area contributed by atoms with Crippen LogP contribution < -0.4 is 5.32 Å². The normalized spacial score (nSPS) is 22.7. The van der Waals surface area contributed by atoms with E-state index in [4.69, 9.17) is 0 Å². The first-order chi connectivity index (χ1) is 14.3. The molecular formula is C23H27F2N3O2. The molecule has 0 unspecified atom stereocenters. The van der Waals surface area contributed by atoms with Crippen LogP contribution in [0.2, 0.25) is 0 Å². The van der Waals surface area contributed by atoms with Gasteiger partial charge >= 0.3 is 6.03 Å². The van der Waals surface area contributed by atoms with Crippen molar-refractivity contribution in [3.8, 4) is 0 Å². The standard InChI is InChI=1S/C23H27F2N3O2/c1-15(2)26-22(30)28-20(12-29)21(17-6-4-3-5-7-17)23(28)13-27(14-23)11-16-8-18(24)10-19(25)9-16/h3-10,15,20-21,29H,11-14H2,1-2H3,(H,26,30)/t20-,21-/m1/s1. The summed E-state index contributed by atoms with van der Waals surface area (Å²) in [6.07, 6.45) is 0. The topological polar surface area (TPSA) is 55.8 Å². The highest BCUT2D eigenvalue weighted by atomic mass is 19.1. The van der Waals surface area contributed by atoms with Crippen LogP contribution in [0.4, 0.5) is 13.6 Å². The molecule has 2 N–H and O–H groups in total. The number of halogens is 2. The maximum Gasteiger partial charge on any atom is 0.318 e. The largest absolute Gasteiger partial charge is 0.394 e. The molecule has 0 radical (unpaired) electrons. The molecule has 5 nitrogen and oxygen atoms in total. The lowest BCUT2D eigenvalue weighted by atomic mass is 9.61. The lowest BCUT2D eigenvalue weighted by molar-refractivity contribution is -0.164.